The number of nitrogens with one attached hydrogen (secondary N) is 1. The van der Waals surface area contributed by atoms with Gasteiger partial charge in [-0.1, -0.05) is 29.4 Å². The predicted molar refractivity (Wildman–Crippen MR) is 85.5 cm³/mol. The third-order valence-corrected chi connectivity index (χ3v) is 3.77. The number of oxime groups is 1. The Labute approximate surface area is 127 Å². The summed E-state index contributed by atoms with van der Waals surface area (Å²) in [5.74, 6) is 0.00000168. The van der Waals surface area contributed by atoms with Crippen LogP contribution in [0.4, 0.5) is 5.69 Å². The summed E-state index contributed by atoms with van der Waals surface area (Å²) in [4.78, 5) is 17.6. The summed E-state index contributed by atoms with van der Waals surface area (Å²) in [7, 11) is 0. The average molecular weight is 303 g/mol. The van der Waals surface area contributed by atoms with Crippen molar-refractivity contribution in [3.05, 3.63) is 51.7 Å². The molecule has 0 aliphatic carbocycles. The first-order chi connectivity index (χ1) is 10.1. The molecule has 3 N–H and O–H groups in total. The van der Waals surface area contributed by atoms with Crippen LogP contribution in [-0.4, -0.2) is 18.3 Å². The van der Waals surface area contributed by atoms with Gasteiger partial charge in [0.2, 0.25) is 0 Å². The summed E-state index contributed by atoms with van der Waals surface area (Å²) in [6.45, 7) is 3.70. The molecular weight excluding hydrogens is 286 g/mol. The van der Waals surface area contributed by atoms with Gasteiger partial charge in [-0.15, -0.1) is 11.3 Å². The Kier molecular flexibility index (Phi) is 4.94. The van der Waals surface area contributed by atoms with Crippen molar-refractivity contribution < 1.29 is 9.63 Å². The maximum atomic E-state index is 11.8. The molecule has 1 aromatic heterocycles. The fourth-order valence-electron chi connectivity index (χ4n) is 1.82. The zero-order valence-electron chi connectivity index (χ0n) is 11.9. The van der Waals surface area contributed by atoms with Gasteiger partial charge in [-0.2, -0.15) is 0 Å². The fraction of sp³-hybridized carbons (Fsp3) is 0.200. The second-order valence-corrected chi connectivity index (χ2v) is 5.49. The average Bonchev–Trinajstić information content (AvgIpc) is 2.97. The highest BCUT2D eigenvalue weighted by molar-refractivity contribution is 7.12. The Bertz CT molecular complexity index is 631. The summed E-state index contributed by atoms with van der Waals surface area (Å²) in [5.41, 5.74) is 8.55. The summed E-state index contributed by atoms with van der Waals surface area (Å²) in [6, 6.07) is 9.54. The van der Waals surface area contributed by atoms with Crippen LogP contribution >= 0.6 is 11.3 Å². The molecule has 0 saturated carbocycles. The van der Waals surface area contributed by atoms with Crippen LogP contribution in [0, 0.1) is 13.8 Å². The number of carbonyl (C=O) groups excluding carboxylic acids is 1. The van der Waals surface area contributed by atoms with Crippen molar-refractivity contribution in [2.45, 2.75) is 13.8 Å². The number of carbonyl (C=O) groups is 1. The van der Waals surface area contributed by atoms with Crippen molar-refractivity contribution in [3.8, 4) is 0 Å². The topological polar surface area (TPSA) is 76.7 Å². The monoisotopic (exact) mass is 303 g/mol. The highest BCUT2D eigenvalue weighted by atomic mass is 32.1. The molecule has 0 unspecified atom stereocenters. The molecule has 1 amide bonds. The minimum atomic E-state index is -0.268. The molecule has 0 saturated heterocycles. The van der Waals surface area contributed by atoms with E-state index < -0.39 is 0 Å². The van der Waals surface area contributed by atoms with Crippen molar-refractivity contribution in [3.63, 3.8) is 0 Å². The van der Waals surface area contributed by atoms with Crippen LogP contribution in [-0.2, 0) is 9.63 Å². The van der Waals surface area contributed by atoms with Crippen LogP contribution in [0.5, 0.6) is 0 Å². The lowest BCUT2D eigenvalue weighted by atomic mass is 10.1. The first-order valence-electron chi connectivity index (χ1n) is 6.43. The second kappa shape index (κ2) is 6.90. The van der Waals surface area contributed by atoms with Gasteiger partial charge in [0.1, 0.15) is 0 Å². The molecular formula is C15H17N3O2S. The number of aryl methyl sites for hydroxylation is 2. The Hall–Kier alpha value is -2.34. The lowest BCUT2D eigenvalue weighted by Gasteiger charge is -2.10. The Morgan fingerprint density at radius 1 is 1.29 bits per heavy atom. The van der Waals surface area contributed by atoms with E-state index in [9.17, 15) is 4.79 Å². The highest BCUT2D eigenvalue weighted by Crippen LogP contribution is 2.19. The summed E-state index contributed by atoms with van der Waals surface area (Å²) in [5, 5.41) is 8.45. The smallest absolute Gasteiger partial charge is 0.265 e. The molecule has 1 heterocycles. The lowest BCUT2D eigenvalue weighted by molar-refractivity contribution is -0.120. The minimum Gasteiger partial charge on any atom is -0.384 e. The van der Waals surface area contributed by atoms with Crippen LogP contribution in [0.25, 0.3) is 0 Å². The molecule has 2 aromatic rings. The first kappa shape index (κ1) is 15.1. The van der Waals surface area contributed by atoms with Gasteiger partial charge >= 0.3 is 0 Å². The zero-order valence-corrected chi connectivity index (χ0v) is 12.7. The summed E-state index contributed by atoms with van der Waals surface area (Å²) >= 11 is 1.46. The first-order valence-corrected chi connectivity index (χ1v) is 7.31. The van der Waals surface area contributed by atoms with Crippen LogP contribution in [0.15, 0.2) is 40.9 Å². The molecule has 0 bridgehead atoms. The van der Waals surface area contributed by atoms with Crippen molar-refractivity contribution in [2.24, 2.45) is 10.9 Å². The predicted octanol–water partition coefficient (Wildman–Crippen LogP) is 2.64. The number of nitrogens with two attached hydrogens (primary N) is 1. The zero-order chi connectivity index (χ0) is 15.2. The van der Waals surface area contributed by atoms with E-state index >= 15 is 0 Å². The third kappa shape index (κ3) is 4.06. The normalized spacial score (nSPS) is 11.2. The van der Waals surface area contributed by atoms with Gasteiger partial charge < -0.3 is 15.9 Å². The van der Waals surface area contributed by atoms with E-state index in [1.54, 1.807) is 0 Å². The van der Waals surface area contributed by atoms with E-state index in [0.717, 1.165) is 21.7 Å². The number of amides is 1. The van der Waals surface area contributed by atoms with E-state index in [2.05, 4.69) is 10.5 Å². The van der Waals surface area contributed by atoms with Gasteiger partial charge in [-0.25, -0.2) is 0 Å². The molecule has 0 spiro atoms. The number of hydrogen-bond acceptors (Lipinski definition) is 4. The number of nitrogens with zero attached hydrogens (tertiary/aromatic N) is 1. The standard InChI is InChI=1S/C15H17N3O2S/c1-10-5-3-6-11(2)14(10)17-13(19)9-20-18-15(16)12-7-4-8-21-12/h3-8H,9H2,1-2H3,(H2,16,18)(H,17,19). The number of amidine groups is 1. The largest absolute Gasteiger partial charge is 0.384 e. The van der Waals surface area contributed by atoms with Crippen molar-refractivity contribution in [1.29, 1.82) is 0 Å². The molecule has 0 radical (unpaired) electrons. The molecule has 2 rings (SSSR count). The van der Waals surface area contributed by atoms with E-state index in [1.165, 1.54) is 11.3 Å². The van der Waals surface area contributed by atoms with Crippen LogP contribution in [0.1, 0.15) is 16.0 Å². The second-order valence-electron chi connectivity index (χ2n) is 4.54. The van der Waals surface area contributed by atoms with Gasteiger partial charge in [-0.3, -0.25) is 4.79 Å². The van der Waals surface area contributed by atoms with Crippen molar-refractivity contribution in [1.82, 2.24) is 0 Å². The Morgan fingerprint density at radius 2 is 2.00 bits per heavy atom. The Balaban J connectivity index is 1.90. The number of para-hydroxylation sites is 1. The van der Waals surface area contributed by atoms with Gasteiger partial charge in [0, 0.05) is 5.69 Å². The molecule has 1 aromatic carbocycles. The SMILES string of the molecule is Cc1cccc(C)c1NC(=O)CO/N=C(/N)c1cccs1. The molecule has 5 nitrogen and oxygen atoms in total. The lowest BCUT2D eigenvalue weighted by Crippen LogP contribution is -2.20. The van der Waals surface area contributed by atoms with Gasteiger partial charge in [-0.05, 0) is 36.4 Å². The van der Waals surface area contributed by atoms with E-state index in [-0.39, 0.29) is 18.3 Å². The maximum absolute atomic E-state index is 11.8. The van der Waals surface area contributed by atoms with E-state index in [1.807, 2.05) is 49.6 Å². The third-order valence-electron chi connectivity index (χ3n) is 2.88. The van der Waals surface area contributed by atoms with Gasteiger partial charge in [0.25, 0.3) is 5.91 Å². The molecule has 0 aliphatic rings. The van der Waals surface area contributed by atoms with Crippen molar-refractivity contribution >= 4 is 28.8 Å². The van der Waals surface area contributed by atoms with Gasteiger partial charge in [0.15, 0.2) is 12.4 Å². The summed E-state index contributed by atoms with van der Waals surface area (Å²) in [6.07, 6.45) is 0. The molecule has 0 fully saturated rings. The number of hydrogen-bond donors (Lipinski definition) is 2. The number of anilines is 1. The molecule has 6 heteroatoms. The van der Waals surface area contributed by atoms with Crippen molar-refractivity contribution in [2.75, 3.05) is 11.9 Å². The number of benzene rings is 1. The minimum absolute atomic E-state index is 0.181. The molecule has 21 heavy (non-hydrogen) atoms. The molecule has 110 valence electrons. The van der Waals surface area contributed by atoms with Crippen LogP contribution in [0.3, 0.4) is 0 Å². The van der Waals surface area contributed by atoms with Crippen LogP contribution in [0.2, 0.25) is 0 Å². The number of thiophene rings is 1. The van der Waals surface area contributed by atoms with Gasteiger partial charge in [0.05, 0.1) is 4.88 Å². The molecule has 0 atom stereocenters. The summed E-state index contributed by atoms with van der Waals surface area (Å²) < 4.78 is 0. The highest BCUT2D eigenvalue weighted by Gasteiger charge is 2.08. The van der Waals surface area contributed by atoms with E-state index in [0.29, 0.717) is 0 Å². The Morgan fingerprint density at radius 3 is 2.62 bits per heavy atom. The maximum Gasteiger partial charge on any atom is 0.265 e. The fourth-order valence-corrected chi connectivity index (χ4v) is 2.44. The number of rotatable bonds is 5. The van der Waals surface area contributed by atoms with Crippen LogP contribution < -0.4 is 11.1 Å². The van der Waals surface area contributed by atoms with E-state index in [4.69, 9.17) is 10.6 Å². The quantitative estimate of drug-likeness (QED) is 0.506. The molecule has 0 aliphatic heterocycles.